The van der Waals surface area contributed by atoms with Crippen molar-refractivity contribution in [3.8, 4) is 6.19 Å². The quantitative estimate of drug-likeness (QED) is 0.374. The van der Waals surface area contributed by atoms with Gasteiger partial charge in [0, 0.05) is 0 Å². The fourth-order valence-electron chi connectivity index (χ4n) is 1.17. The molecule has 1 aromatic rings. The number of sulfonamides is 1. The third-order valence-electron chi connectivity index (χ3n) is 2.00. The summed E-state index contributed by atoms with van der Waals surface area (Å²) in [6, 6.07) is 6.31. The van der Waals surface area contributed by atoms with E-state index in [0.717, 1.165) is 0 Å². The molecule has 0 amide bonds. The molecule has 0 bridgehead atoms. The van der Waals surface area contributed by atoms with Crippen LogP contribution in [0.4, 0.5) is 5.69 Å². The van der Waals surface area contributed by atoms with Crippen molar-refractivity contribution >= 4 is 32.6 Å². The summed E-state index contributed by atoms with van der Waals surface area (Å²) in [5.74, 6) is 0. The number of hydrogen-bond acceptors (Lipinski definition) is 5. The van der Waals surface area contributed by atoms with E-state index >= 15 is 0 Å². The Morgan fingerprint density at radius 1 is 1.44 bits per heavy atom. The van der Waals surface area contributed by atoms with Crippen LogP contribution in [0.3, 0.4) is 0 Å². The fourth-order valence-corrected chi connectivity index (χ4v) is 2.37. The number of aliphatic imine (C=N–C) groups is 1. The van der Waals surface area contributed by atoms with Crippen LogP contribution in [0.15, 0.2) is 34.2 Å². The van der Waals surface area contributed by atoms with Crippen LogP contribution in [0.1, 0.15) is 0 Å². The maximum Gasteiger partial charge on any atom is 0.242 e. The van der Waals surface area contributed by atoms with E-state index in [9.17, 15) is 8.42 Å². The lowest BCUT2D eigenvalue weighted by Gasteiger charge is -2.06. The Bertz CT molecular complexity index is 590. The predicted octanol–water partition coefficient (Wildman–Crippen LogP) is 1.02. The minimum Gasteiger partial charge on any atom is -0.271 e. The summed E-state index contributed by atoms with van der Waals surface area (Å²) in [5.41, 5.74) is 0.277. The maximum absolute atomic E-state index is 11.8. The first kappa shape index (κ1) is 14.5. The van der Waals surface area contributed by atoms with Gasteiger partial charge in [-0.1, -0.05) is 23.9 Å². The largest absolute Gasteiger partial charge is 0.271 e. The average Bonchev–Trinajstić information content (AvgIpc) is 2.38. The molecule has 0 heterocycles. The number of nitrogens with zero attached hydrogens (tertiary/aromatic N) is 2. The molecule has 0 atom stereocenters. The van der Waals surface area contributed by atoms with Crippen LogP contribution < -0.4 is 10.0 Å². The predicted molar refractivity (Wildman–Crippen MR) is 72.0 cm³/mol. The Morgan fingerprint density at radius 3 is 2.67 bits per heavy atom. The number of nitrogens with one attached hydrogen (secondary N) is 2. The van der Waals surface area contributed by atoms with Gasteiger partial charge < -0.3 is 0 Å². The van der Waals surface area contributed by atoms with Crippen LogP contribution in [0.25, 0.3) is 0 Å². The van der Waals surface area contributed by atoms with Crippen LogP contribution in [-0.4, -0.2) is 26.9 Å². The van der Waals surface area contributed by atoms with Gasteiger partial charge in [-0.15, -0.1) is 0 Å². The summed E-state index contributed by atoms with van der Waals surface area (Å²) in [6.07, 6.45) is 3.48. The molecule has 6 nitrogen and oxygen atoms in total. The molecule has 0 fully saturated rings. The Balaban J connectivity index is 3.31. The Hall–Kier alpha value is -1.56. The number of para-hydroxylation sites is 1. The lowest BCUT2D eigenvalue weighted by molar-refractivity contribution is 0.588. The molecule has 1 rings (SSSR count). The third kappa shape index (κ3) is 3.46. The van der Waals surface area contributed by atoms with Crippen molar-refractivity contribution in [3.63, 3.8) is 0 Å². The van der Waals surface area contributed by atoms with E-state index in [0.29, 0.717) is 5.17 Å². The summed E-state index contributed by atoms with van der Waals surface area (Å²) in [4.78, 5) is 4.18. The second kappa shape index (κ2) is 6.39. The van der Waals surface area contributed by atoms with Gasteiger partial charge in [0.15, 0.2) is 11.4 Å². The van der Waals surface area contributed by atoms with Gasteiger partial charge in [-0.25, -0.2) is 18.1 Å². The van der Waals surface area contributed by atoms with Crippen molar-refractivity contribution in [1.82, 2.24) is 10.0 Å². The highest BCUT2D eigenvalue weighted by Gasteiger charge is 2.15. The number of benzene rings is 1. The van der Waals surface area contributed by atoms with Gasteiger partial charge in [0.1, 0.15) is 4.90 Å². The van der Waals surface area contributed by atoms with Gasteiger partial charge in [-0.3, -0.25) is 5.32 Å². The number of nitriles is 1. The van der Waals surface area contributed by atoms with Gasteiger partial charge in [0.25, 0.3) is 0 Å². The highest BCUT2D eigenvalue weighted by atomic mass is 32.2. The van der Waals surface area contributed by atoms with Crippen molar-refractivity contribution in [2.45, 2.75) is 4.90 Å². The molecule has 0 radical (unpaired) electrons. The van der Waals surface area contributed by atoms with Gasteiger partial charge in [-0.05, 0) is 25.4 Å². The number of thioether (sulfide) groups is 1. The molecule has 0 aromatic heterocycles. The first-order valence-electron chi connectivity index (χ1n) is 4.85. The molecule has 0 unspecified atom stereocenters. The minimum absolute atomic E-state index is 0.0683. The van der Waals surface area contributed by atoms with Gasteiger partial charge >= 0.3 is 0 Å². The van der Waals surface area contributed by atoms with E-state index in [4.69, 9.17) is 5.26 Å². The van der Waals surface area contributed by atoms with Crippen molar-refractivity contribution in [3.05, 3.63) is 24.3 Å². The highest BCUT2D eigenvalue weighted by Crippen LogP contribution is 2.24. The molecule has 0 saturated carbocycles. The number of hydrogen-bond donors (Lipinski definition) is 2. The molecule has 8 heteroatoms. The van der Waals surface area contributed by atoms with Gasteiger partial charge in [0.05, 0.1) is 5.69 Å². The van der Waals surface area contributed by atoms with Crippen LogP contribution in [0.2, 0.25) is 0 Å². The molecule has 0 spiro atoms. The van der Waals surface area contributed by atoms with Crippen molar-refractivity contribution < 1.29 is 8.42 Å². The monoisotopic (exact) mass is 284 g/mol. The molecular weight excluding hydrogens is 272 g/mol. The van der Waals surface area contributed by atoms with Gasteiger partial charge in [0.2, 0.25) is 10.0 Å². The molecule has 0 saturated heterocycles. The van der Waals surface area contributed by atoms with Crippen molar-refractivity contribution in [1.29, 1.82) is 5.26 Å². The lowest BCUT2D eigenvalue weighted by atomic mass is 10.3. The van der Waals surface area contributed by atoms with E-state index in [-0.39, 0.29) is 10.6 Å². The normalized spacial score (nSPS) is 11.9. The summed E-state index contributed by atoms with van der Waals surface area (Å²) >= 11 is 1.22. The average molecular weight is 284 g/mol. The Kier molecular flexibility index (Phi) is 5.15. The molecule has 18 heavy (non-hydrogen) atoms. The Labute approximate surface area is 110 Å². The summed E-state index contributed by atoms with van der Waals surface area (Å²) < 4.78 is 25.8. The van der Waals surface area contributed by atoms with E-state index < -0.39 is 10.0 Å². The second-order valence-electron chi connectivity index (χ2n) is 3.03. The van der Waals surface area contributed by atoms with E-state index in [1.807, 2.05) is 0 Å². The molecule has 0 aliphatic rings. The SMILES string of the molecule is CNS(=O)(=O)c1ccccc1N=C(NC#N)SC. The zero-order valence-corrected chi connectivity index (χ0v) is 11.5. The fraction of sp³-hybridized carbons (Fsp3) is 0.200. The molecule has 0 aliphatic heterocycles. The maximum atomic E-state index is 11.8. The summed E-state index contributed by atoms with van der Waals surface area (Å²) in [6.45, 7) is 0. The zero-order chi connectivity index (χ0) is 13.6. The zero-order valence-electron chi connectivity index (χ0n) is 9.84. The lowest BCUT2D eigenvalue weighted by Crippen LogP contribution is -2.19. The molecule has 96 valence electrons. The van der Waals surface area contributed by atoms with Crippen molar-refractivity contribution in [2.24, 2.45) is 4.99 Å². The minimum atomic E-state index is -3.57. The molecule has 0 aliphatic carbocycles. The van der Waals surface area contributed by atoms with Crippen LogP contribution in [0.5, 0.6) is 0 Å². The van der Waals surface area contributed by atoms with Crippen molar-refractivity contribution in [2.75, 3.05) is 13.3 Å². The Morgan fingerprint density at radius 2 is 2.11 bits per heavy atom. The first-order chi connectivity index (χ1) is 8.55. The summed E-state index contributed by atoms with van der Waals surface area (Å²) in [5, 5.41) is 11.2. The number of rotatable bonds is 3. The van der Waals surface area contributed by atoms with E-state index in [1.165, 1.54) is 24.9 Å². The first-order valence-corrected chi connectivity index (χ1v) is 7.56. The smallest absolute Gasteiger partial charge is 0.242 e. The highest BCUT2D eigenvalue weighted by molar-refractivity contribution is 8.13. The van der Waals surface area contributed by atoms with E-state index in [2.05, 4.69) is 15.0 Å². The number of amidine groups is 1. The molecular formula is C10H12N4O2S2. The molecule has 1 aromatic carbocycles. The van der Waals surface area contributed by atoms with Crippen LogP contribution >= 0.6 is 11.8 Å². The van der Waals surface area contributed by atoms with Crippen LogP contribution in [-0.2, 0) is 10.0 Å². The molecule has 2 N–H and O–H groups in total. The topological polar surface area (TPSA) is 94.3 Å². The summed E-state index contributed by atoms with van der Waals surface area (Å²) in [7, 11) is -2.24. The third-order valence-corrected chi connectivity index (χ3v) is 4.04. The van der Waals surface area contributed by atoms with E-state index in [1.54, 1.807) is 30.6 Å². The van der Waals surface area contributed by atoms with Gasteiger partial charge in [-0.2, -0.15) is 5.26 Å². The standard InChI is InChI=1S/C10H12N4O2S2/c1-12-18(15,16)9-6-4-3-5-8(9)14-10(17-2)13-7-11/h3-6,12H,1-2H3,(H,13,14). The van der Waals surface area contributed by atoms with Crippen LogP contribution in [0, 0.1) is 11.5 Å². The second-order valence-corrected chi connectivity index (χ2v) is 5.68.